The van der Waals surface area contributed by atoms with E-state index in [4.69, 9.17) is 16.7 Å². The average molecular weight is 241 g/mol. The molecule has 2 rings (SSSR count). The number of nitrogens with zero attached hydrogens (tertiary/aromatic N) is 4. The van der Waals surface area contributed by atoms with Crippen molar-refractivity contribution in [1.29, 1.82) is 0 Å². The Morgan fingerprint density at radius 1 is 1.44 bits per heavy atom. The molecule has 0 amide bonds. The molecule has 6 heteroatoms. The van der Waals surface area contributed by atoms with E-state index in [0.717, 1.165) is 18.6 Å². The maximum Gasteiger partial charge on any atom is 0.164 e. The van der Waals surface area contributed by atoms with E-state index in [-0.39, 0.29) is 6.61 Å². The van der Waals surface area contributed by atoms with Crippen molar-refractivity contribution in [2.45, 2.75) is 19.9 Å². The highest BCUT2D eigenvalue weighted by molar-refractivity contribution is 6.33. The smallest absolute Gasteiger partial charge is 0.164 e. The Hall–Kier alpha value is -1.20. The van der Waals surface area contributed by atoms with Crippen LogP contribution in [0.1, 0.15) is 13.3 Å². The van der Waals surface area contributed by atoms with Crippen molar-refractivity contribution in [3.05, 3.63) is 17.8 Å². The van der Waals surface area contributed by atoms with E-state index < -0.39 is 0 Å². The van der Waals surface area contributed by atoms with Crippen LogP contribution in [0.25, 0.3) is 11.2 Å². The Labute approximate surface area is 98.1 Å². The summed E-state index contributed by atoms with van der Waals surface area (Å²) < 4.78 is 1.93. The van der Waals surface area contributed by atoms with Crippen molar-refractivity contribution in [2.24, 2.45) is 5.92 Å². The van der Waals surface area contributed by atoms with Gasteiger partial charge in [-0.2, -0.15) is 0 Å². The molecule has 1 unspecified atom stereocenters. The van der Waals surface area contributed by atoms with Crippen LogP contribution in [0.5, 0.6) is 0 Å². The monoisotopic (exact) mass is 240 g/mol. The molecule has 0 aromatic carbocycles. The zero-order valence-electron chi connectivity index (χ0n) is 8.97. The third-order valence-electron chi connectivity index (χ3n) is 2.49. The zero-order chi connectivity index (χ0) is 11.5. The maximum absolute atomic E-state index is 8.85. The normalized spacial score (nSPS) is 13.2. The first-order chi connectivity index (χ1) is 7.72. The van der Waals surface area contributed by atoms with E-state index in [2.05, 4.69) is 21.9 Å². The van der Waals surface area contributed by atoms with Crippen LogP contribution in [0.2, 0.25) is 5.15 Å². The van der Waals surface area contributed by atoms with Gasteiger partial charge in [-0.25, -0.2) is 15.0 Å². The fraction of sp³-hybridized carbons (Fsp3) is 0.500. The van der Waals surface area contributed by atoms with Crippen LogP contribution in [0.4, 0.5) is 0 Å². The van der Waals surface area contributed by atoms with Gasteiger partial charge in [-0.15, -0.1) is 0 Å². The van der Waals surface area contributed by atoms with Gasteiger partial charge in [0.05, 0.1) is 6.33 Å². The van der Waals surface area contributed by atoms with E-state index in [1.165, 1.54) is 6.33 Å². The topological polar surface area (TPSA) is 63.8 Å². The molecule has 1 N–H and O–H groups in total. The summed E-state index contributed by atoms with van der Waals surface area (Å²) in [5.41, 5.74) is 1.37. The van der Waals surface area contributed by atoms with Crippen LogP contribution in [0.15, 0.2) is 12.7 Å². The van der Waals surface area contributed by atoms with Crippen LogP contribution >= 0.6 is 11.6 Å². The molecule has 16 heavy (non-hydrogen) atoms. The van der Waals surface area contributed by atoms with E-state index in [0.29, 0.717) is 16.6 Å². The molecular weight excluding hydrogens is 228 g/mol. The first-order valence-corrected chi connectivity index (χ1v) is 5.52. The molecule has 1 atom stereocenters. The second kappa shape index (κ2) is 4.76. The predicted octanol–water partition coefficient (Wildman–Crippen LogP) is 1.50. The van der Waals surface area contributed by atoms with Gasteiger partial charge in [0.1, 0.15) is 11.8 Å². The quantitative estimate of drug-likeness (QED) is 0.823. The fourth-order valence-corrected chi connectivity index (χ4v) is 1.81. The molecule has 0 radical (unpaired) electrons. The maximum atomic E-state index is 8.85. The van der Waals surface area contributed by atoms with Crippen LogP contribution in [-0.2, 0) is 6.54 Å². The van der Waals surface area contributed by atoms with Crippen molar-refractivity contribution in [2.75, 3.05) is 6.61 Å². The molecule has 2 aromatic rings. The van der Waals surface area contributed by atoms with Gasteiger partial charge in [0, 0.05) is 13.2 Å². The second-order valence-electron chi connectivity index (χ2n) is 3.85. The van der Waals surface area contributed by atoms with Crippen molar-refractivity contribution in [3.63, 3.8) is 0 Å². The van der Waals surface area contributed by atoms with Crippen molar-refractivity contribution < 1.29 is 5.11 Å². The van der Waals surface area contributed by atoms with Crippen LogP contribution in [-0.4, -0.2) is 31.2 Å². The molecule has 0 aliphatic rings. The molecule has 0 saturated heterocycles. The minimum absolute atomic E-state index is 0.198. The largest absolute Gasteiger partial charge is 0.396 e. The third-order valence-corrected chi connectivity index (χ3v) is 2.76. The van der Waals surface area contributed by atoms with E-state index >= 15 is 0 Å². The Morgan fingerprint density at radius 2 is 2.25 bits per heavy atom. The Bertz CT molecular complexity index is 485. The number of aliphatic hydroxyl groups excluding tert-OH is 1. The summed E-state index contributed by atoms with van der Waals surface area (Å²) in [5, 5.41) is 9.22. The third kappa shape index (κ3) is 2.15. The van der Waals surface area contributed by atoms with Gasteiger partial charge in [0.2, 0.25) is 0 Å². The highest BCUT2D eigenvalue weighted by atomic mass is 35.5. The Morgan fingerprint density at radius 3 is 3.00 bits per heavy atom. The molecule has 0 bridgehead atoms. The Balaban J connectivity index is 2.28. The Kier molecular flexibility index (Phi) is 3.36. The predicted molar refractivity (Wildman–Crippen MR) is 61.2 cm³/mol. The molecule has 86 valence electrons. The fourth-order valence-electron chi connectivity index (χ4n) is 1.63. The SMILES string of the molecule is CC(CCO)Cn1cnc2c(Cl)ncnc21. The highest BCUT2D eigenvalue weighted by Crippen LogP contribution is 2.18. The zero-order valence-corrected chi connectivity index (χ0v) is 9.72. The van der Waals surface area contributed by atoms with Crippen molar-refractivity contribution in [1.82, 2.24) is 19.5 Å². The molecule has 0 spiro atoms. The summed E-state index contributed by atoms with van der Waals surface area (Å²) in [6.07, 6.45) is 3.90. The van der Waals surface area contributed by atoms with E-state index in [1.807, 2.05) is 4.57 Å². The molecule has 0 saturated carbocycles. The van der Waals surface area contributed by atoms with Gasteiger partial charge in [-0.05, 0) is 12.3 Å². The van der Waals surface area contributed by atoms with Gasteiger partial charge < -0.3 is 9.67 Å². The number of hydrogen-bond acceptors (Lipinski definition) is 4. The summed E-state index contributed by atoms with van der Waals surface area (Å²) in [7, 11) is 0. The average Bonchev–Trinajstić information content (AvgIpc) is 2.64. The summed E-state index contributed by atoms with van der Waals surface area (Å²) in [6, 6.07) is 0. The molecule has 0 fully saturated rings. The molecule has 2 aromatic heterocycles. The van der Waals surface area contributed by atoms with Crippen molar-refractivity contribution >= 4 is 22.8 Å². The van der Waals surface area contributed by atoms with Gasteiger partial charge >= 0.3 is 0 Å². The summed E-state index contributed by atoms with van der Waals surface area (Å²) in [4.78, 5) is 12.2. The lowest BCUT2D eigenvalue weighted by atomic mass is 10.1. The van der Waals surface area contributed by atoms with E-state index in [1.54, 1.807) is 6.33 Å². The van der Waals surface area contributed by atoms with Gasteiger partial charge in [-0.1, -0.05) is 18.5 Å². The van der Waals surface area contributed by atoms with Gasteiger partial charge in [0.15, 0.2) is 10.8 Å². The number of imidazole rings is 1. The lowest BCUT2D eigenvalue weighted by Gasteiger charge is -2.10. The van der Waals surface area contributed by atoms with E-state index in [9.17, 15) is 0 Å². The molecule has 0 aliphatic heterocycles. The molecule has 0 aliphatic carbocycles. The van der Waals surface area contributed by atoms with Gasteiger partial charge in [0.25, 0.3) is 0 Å². The molecule has 2 heterocycles. The first kappa shape index (κ1) is 11.3. The van der Waals surface area contributed by atoms with Crippen LogP contribution < -0.4 is 0 Å². The lowest BCUT2D eigenvalue weighted by molar-refractivity contribution is 0.254. The summed E-state index contributed by atoms with van der Waals surface area (Å²) in [6.45, 7) is 3.04. The number of rotatable bonds is 4. The summed E-state index contributed by atoms with van der Waals surface area (Å²) in [5.74, 6) is 0.371. The lowest BCUT2D eigenvalue weighted by Crippen LogP contribution is -2.08. The minimum atomic E-state index is 0.198. The second-order valence-corrected chi connectivity index (χ2v) is 4.21. The number of hydrogen-bond donors (Lipinski definition) is 1. The van der Waals surface area contributed by atoms with Crippen LogP contribution in [0, 0.1) is 5.92 Å². The number of halogens is 1. The molecular formula is C10H13ClN4O. The number of fused-ring (bicyclic) bond motifs is 1. The summed E-state index contributed by atoms with van der Waals surface area (Å²) >= 11 is 5.90. The van der Waals surface area contributed by atoms with Gasteiger partial charge in [-0.3, -0.25) is 0 Å². The minimum Gasteiger partial charge on any atom is -0.396 e. The standard InChI is InChI=1S/C10H13ClN4O/c1-7(2-3-16)4-15-6-14-8-9(11)12-5-13-10(8)15/h5-7,16H,2-4H2,1H3. The van der Waals surface area contributed by atoms with Crippen LogP contribution in [0.3, 0.4) is 0 Å². The first-order valence-electron chi connectivity index (χ1n) is 5.14. The van der Waals surface area contributed by atoms with Crippen molar-refractivity contribution in [3.8, 4) is 0 Å². The number of aliphatic hydroxyl groups is 1. The molecule has 5 nitrogen and oxygen atoms in total. The number of aromatic nitrogens is 4. The highest BCUT2D eigenvalue weighted by Gasteiger charge is 2.10.